The molecule has 1 heterocycles. The van der Waals surface area contributed by atoms with Crippen LogP contribution in [0.25, 0.3) is 0 Å². The maximum atomic E-state index is 12.5. The van der Waals surface area contributed by atoms with Crippen LogP contribution in [0.2, 0.25) is 0 Å². The molecule has 2 N–H and O–H groups in total. The molecule has 0 spiro atoms. The van der Waals surface area contributed by atoms with E-state index in [0.717, 1.165) is 25.7 Å². The van der Waals surface area contributed by atoms with Crippen molar-refractivity contribution in [2.24, 2.45) is 0 Å². The molecule has 6 nitrogen and oxygen atoms in total. The number of nitrogens with one attached hydrogen (secondary N) is 1. The summed E-state index contributed by atoms with van der Waals surface area (Å²) < 4.78 is 5.58. The molecule has 0 bridgehead atoms. The van der Waals surface area contributed by atoms with E-state index < -0.39 is 11.5 Å². The first kappa shape index (κ1) is 15.1. The van der Waals surface area contributed by atoms with Crippen LogP contribution in [-0.2, 0) is 9.53 Å². The highest BCUT2D eigenvalue weighted by Gasteiger charge is 2.42. The molecule has 2 fully saturated rings. The molecule has 2 rings (SSSR count). The van der Waals surface area contributed by atoms with Gasteiger partial charge in [-0.15, -0.1) is 0 Å². The van der Waals surface area contributed by atoms with E-state index in [-0.39, 0.29) is 24.6 Å². The van der Waals surface area contributed by atoms with E-state index in [2.05, 4.69) is 5.32 Å². The zero-order valence-corrected chi connectivity index (χ0v) is 12.2. The van der Waals surface area contributed by atoms with Crippen LogP contribution < -0.4 is 5.32 Å². The Kier molecular flexibility index (Phi) is 4.52. The number of carbonyl (C=O) groups is 2. The van der Waals surface area contributed by atoms with Crippen LogP contribution >= 0.6 is 0 Å². The molecule has 2 unspecified atom stereocenters. The van der Waals surface area contributed by atoms with Crippen molar-refractivity contribution in [3.8, 4) is 0 Å². The number of nitrogens with zero attached hydrogens (tertiary/aromatic N) is 1. The SMILES string of the molecule is CCC1COC(C)CN1C(=O)NC1(CC(=O)O)CCC1. The topological polar surface area (TPSA) is 78.9 Å². The second-order valence-electron chi connectivity index (χ2n) is 5.99. The van der Waals surface area contributed by atoms with Crippen molar-refractivity contribution in [1.82, 2.24) is 10.2 Å². The lowest BCUT2D eigenvalue weighted by Gasteiger charge is -2.45. The third kappa shape index (κ3) is 3.23. The number of ether oxygens (including phenoxy) is 1. The van der Waals surface area contributed by atoms with Crippen LogP contribution in [0.15, 0.2) is 0 Å². The molecule has 0 aromatic carbocycles. The predicted molar refractivity (Wildman–Crippen MR) is 73.6 cm³/mol. The van der Waals surface area contributed by atoms with E-state index >= 15 is 0 Å². The van der Waals surface area contributed by atoms with Gasteiger partial charge in [0.1, 0.15) is 0 Å². The van der Waals surface area contributed by atoms with Gasteiger partial charge in [-0.25, -0.2) is 4.79 Å². The Balaban J connectivity index is 2.00. The summed E-state index contributed by atoms with van der Waals surface area (Å²) in [6.07, 6.45) is 3.36. The number of aliphatic carboxylic acids is 1. The van der Waals surface area contributed by atoms with Crippen LogP contribution in [0, 0.1) is 0 Å². The minimum atomic E-state index is -0.854. The number of carboxylic acids is 1. The first-order valence-electron chi connectivity index (χ1n) is 7.38. The van der Waals surface area contributed by atoms with Gasteiger partial charge in [-0.05, 0) is 32.6 Å². The molecule has 0 aromatic rings. The highest BCUT2D eigenvalue weighted by molar-refractivity contribution is 5.77. The van der Waals surface area contributed by atoms with Gasteiger partial charge < -0.3 is 20.1 Å². The Labute approximate surface area is 119 Å². The van der Waals surface area contributed by atoms with Crippen molar-refractivity contribution in [2.45, 2.75) is 63.6 Å². The van der Waals surface area contributed by atoms with E-state index in [4.69, 9.17) is 9.84 Å². The monoisotopic (exact) mass is 284 g/mol. The molecule has 1 saturated carbocycles. The van der Waals surface area contributed by atoms with Gasteiger partial charge in [-0.1, -0.05) is 6.92 Å². The largest absolute Gasteiger partial charge is 0.481 e. The van der Waals surface area contributed by atoms with E-state index in [9.17, 15) is 9.59 Å². The number of hydrogen-bond acceptors (Lipinski definition) is 3. The highest BCUT2D eigenvalue weighted by atomic mass is 16.5. The van der Waals surface area contributed by atoms with Crippen LogP contribution in [0.4, 0.5) is 4.79 Å². The molecule has 20 heavy (non-hydrogen) atoms. The second-order valence-corrected chi connectivity index (χ2v) is 5.99. The fourth-order valence-electron chi connectivity index (χ4n) is 2.97. The van der Waals surface area contributed by atoms with Crippen molar-refractivity contribution < 1.29 is 19.4 Å². The summed E-state index contributed by atoms with van der Waals surface area (Å²) >= 11 is 0. The number of urea groups is 1. The normalized spacial score (nSPS) is 28.6. The molecule has 6 heteroatoms. The molecule has 2 aliphatic rings. The summed E-state index contributed by atoms with van der Waals surface area (Å²) in [6, 6.07) is -0.0684. The summed E-state index contributed by atoms with van der Waals surface area (Å²) in [5.74, 6) is -0.854. The first-order chi connectivity index (χ1) is 9.46. The van der Waals surface area contributed by atoms with Crippen molar-refractivity contribution in [3.63, 3.8) is 0 Å². The summed E-state index contributed by atoms with van der Waals surface area (Å²) in [7, 11) is 0. The van der Waals surface area contributed by atoms with E-state index in [1.807, 2.05) is 13.8 Å². The van der Waals surface area contributed by atoms with E-state index in [1.165, 1.54) is 0 Å². The van der Waals surface area contributed by atoms with Gasteiger partial charge in [0, 0.05) is 6.54 Å². The standard InChI is InChI=1S/C14H24N2O4/c1-3-11-9-20-10(2)8-16(11)13(19)15-14(5-4-6-14)7-12(17)18/h10-11H,3-9H2,1-2H3,(H,15,19)(H,17,18). The first-order valence-corrected chi connectivity index (χ1v) is 7.38. The van der Waals surface area contributed by atoms with Gasteiger partial charge in [0.15, 0.2) is 0 Å². The Morgan fingerprint density at radius 3 is 2.65 bits per heavy atom. The van der Waals surface area contributed by atoms with Gasteiger partial charge in [0.05, 0.1) is 30.7 Å². The Morgan fingerprint density at radius 1 is 1.45 bits per heavy atom. The summed E-state index contributed by atoms with van der Waals surface area (Å²) in [5.41, 5.74) is -0.539. The molecule has 0 aromatic heterocycles. The van der Waals surface area contributed by atoms with Crippen molar-refractivity contribution in [1.29, 1.82) is 0 Å². The molecule has 1 aliphatic heterocycles. The van der Waals surface area contributed by atoms with Crippen LogP contribution in [0.1, 0.15) is 46.0 Å². The minimum Gasteiger partial charge on any atom is -0.481 e. The third-order valence-electron chi connectivity index (χ3n) is 4.37. The molecular weight excluding hydrogens is 260 g/mol. The molecule has 0 radical (unpaired) electrons. The van der Waals surface area contributed by atoms with E-state index in [1.54, 1.807) is 4.90 Å². The number of morpholine rings is 1. The van der Waals surface area contributed by atoms with Crippen LogP contribution in [0.3, 0.4) is 0 Å². The Bertz CT molecular complexity index is 381. The molecule has 114 valence electrons. The lowest BCUT2D eigenvalue weighted by Crippen LogP contribution is -2.62. The summed E-state index contributed by atoms with van der Waals surface area (Å²) in [6.45, 7) is 5.09. The van der Waals surface area contributed by atoms with Gasteiger partial charge in [-0.3, -0.25) is 4.79 Å². The van der Waals surface area contributed by atoms with Crippen molar-refractivity contribution >= 4 is 12.0 Å². The number of carbonyl (C=O) groups excluding carboxylic acids is 1. The molecular formula is C14H24N2O4. The minimum absolute atomic E-state index is 0.00935. The molecule has 1 saturated heterocycles. The number of rotatable bonds is 4. The Morgan fingerprint density at radius 2 is 2.15 bits per heavy atom. The zero-order chi connectivity index (χ0) is 14.8. The van der Waals surface area contributed by atoms with Crippen LogP contribution in [0.5, 0.6) is 0 Å². The molecule has 1 aliphatic carbocycles. The van der Waals surface area contributed by atoms with Gasteiger partial charge >= 0.3 is 12.0 Å². The smallest absolute Gasteiger partial charge is 0.318 e. The van der Waals surface area contributed by atoms with Gasteiger partial charge in [-0.2, -0.15) is 0 Å². The Hall–Kier alpha value is -1.30. The maximum absolute atomic E-state index is 12.5. The predicted octanol–water partition coefficient (Wildman–Crippen LogP) is 1.59. The molecule has 2 amide bonds. The van der Waals surface area contributed by atoms with Crippen molar-refractivity contribution in [3.05, 3.63) is 0 Å². The van der Waals surface area contributed by atoms with Crippen molar-refractivity contribution in [2.75, 3.05) is 13.2 Å². The van der Waals surface area contributed by atoms with Crippen LogP contribution in [-0.4, -0.2) is 52.8 Å². The average molecular weight is 284 g/mol. The highest BCUT2D eigenvalue weighted by Crippen LogP contribution is 2.35. The maximum Gasteiger partial charge on any atom is 0.318 e. The lowest BCUT2D eigenvalue weighted by molar-refractivity contribution is -0.139. The lowest BCUT2D eigenvalue weighted by atomic mass is 9.74. The number of carboxylic acid groups (broad SMARTS) is 1. The third-order valence-corrected chi connectivity index (χ3v) is 4.37. The fraction of sp³-hybridized carbons (Fsp3) is 0.857. The van der Waals surface area contributed by atoms with E-state index in [0.29, 0.717) is 13.2 Å². The van der Waals surface area contributed by atoms with Gasteiger partial charge in [0.25, 0.3) is 0 Å². The number of hydrogen-bond donors (Lipinski definition) is 2. The summed E-state index contributed by atoms with van der Waals surface area (Å²) in [5, 5.41) is 12.0. The number of amides is 2. The second kappa shape index (κ2) is 5.99. The van der Waals surface area contributed by atoms with Gasteiger partial charge in [0.2, 0.25) is 0 Å². The summed E-state index contributed by atoms with van der Waals surface area (Å²) in [4.78, 5) is 25.2. The quantitative estimate of drug-likeness (QED) is 0.821. The average Bonchev–Trinajstić information content (AvgIpc) is 2.35. The fourth-order valence-corrected chi connectivity index (χ4v) is 2.97. The zero-order valence-electron chi connectivity index (χ0n) is 12.2. The molecule has 2 atom stereocenters.